The molecule has 30 heavy (non-hydrogen) atoms. The molecule has 0 atom stereocenters. The number of carbonyl (C=O) groups is 5. The van der Waals surface area contributed by atoms with Crippen molar-refractivity contribution in [2.45, 2.75) is 0 Å². The number of benzene rings is 2. The second-order valence-electron chi connectivity index (χ2n) is 5.58. The van der Waals surface area contributed by atoms with Crippen LogP contribution >= 0.6 is 0 Å². The summed E-state index contributed by atoms with van der Waals surface area (Å²) in [5.41, 5.74) is 0.524. The molecule has 1 N–H and O–H groups in total. The molecule has 0 aromatic heterocycles. The van der Waals surface area contributed by atoms with Crippen LogP contribution in [0.2, 0.25) is 0 Å². The Labute approximate surface area is 170 Å². The molecule has 0 saturated carbocycles. The van der Waals surface area contributed by atoms with Gasteiger partial charge in [-0.2, -0.15) is 0 Å². The van der Waals surface area contributed by atoms with Crippen LogP contribution in [0.1, 0.15) is 41.4 Å². The molecule has 9 heteroatoms. The molecule has 1 aliphatic heterocycles. The summed E-state index contributed by atoms with van der Waals surface area (Å²) in [5.74, 6) is -3.73. The Morgan fingerprint density at radius 1 is 0.867 bits per heavy atom. The molecule has 154 valence electrons. The molecule has 0 aliphatic carbocycles. The third kappa shape index (κ3) is 5.61. The van der Waals surface area contributed by atoms with Crippen LogP contribution in [0.4, 0.5) is 0 Å². The van der Waals surface area contributed by atoms with Crippen molar-refractivity contribution in [3.05, 3.63) is 83.4 Å². The van der Waals surface area contributed by atoms with Crippen LogP contribution in [0.5, 0.6) is 0 Å². The number of fused-ring (bicyclic) bond motifs is 1. The maximum absolute atomic E-state index is 11.6. The van der Waals surface area contributed by atoms with E-state index in [1.165, 1.54) is 24.3 Å². The molecular formula is C21H16O9. The zero-order valence-electron chi connectivity index (χ0n) is 15.5. The number of hydrogen-bond donors (Lipinski definition) is 1. The molecule has 0 saturated heterocycles. The van der Waals surface area contributed by atoms with Gasteiger partial charge in [0.05, 0.1) is 22.3 Å². The first kappa shape index (κ1) is 22.0. The lowest BCUT2D eigenvalue weighted by Gasteiger charge is -2.07. The summed E-state index contributed by atoms with van der Waals surface area (Å²) in [7, 11) is 0. The van der Waals surface area contributed by atoms with Gasteiger partial charge in [0.15, 0.2) is 0 Å². The first-order valence-corrected chi connectivity index (χ1v) is 8.49. The Morgan fingerprint density at radius 2 is 1.37 bits per heavy atom. The molecule has 0 bridgehead atoms. The number of carboxylic acids is 1. The number of rotatable bonds is 6. The number of hydrogen-bond acceptors (Lipinski definition) is 8. The normalized spacial score (nSPS) is 11.3. The lowest BCUT2D eigenvalue weighted by molar-refractivity contribution is -0.138. The van der Waals surface area contributed by atoms with E-state index in [-0.39, 0.29) is 24.3 Å². The van der Waals surface area contributed by atoms with Crippen molar-refractivity contribution in [3.63, 3.8) is 0 Å². The Balaban J connectivity index is 0.000000244. The Kier molecular flexibility index (Phi) is 7.58. The fourth-order valence-corrected chi connectivity index (χ4v) is 2.29. The van der Waals surface area contributed by atoms with Crippen LogP contribution in [0.3, 0.4) is 0 Å². The number of carboxylic acid groups (broad SMARTS) is 1. The van der Waals surface area contributed by atoms with E-state index in [9.17, 15) is 24.0 Å². The van der Waals surface area contributed by atoms with E-state index in [2.05, 4.69) is 16.1 Å². The first-order chi connectivity index (χ1) is 14.3. The molecule has 0 unspecified atom stereocenters. The van der Waals surface area contributed by atoms with Crippen molar-refractivity contribution >= 4 is 29.8 Å². The third-order valence-corrected chi connectivity index (χ3v) is 3.66. The molecule has 0 amide bonds. The number of ether oxygens (including phenoxy) is 3. The number of cyclic esters (lactones) is 2. The number of carbonyl (C=O) groups excluding carboxylic acids is 4. The average Bonchev–Trinajstić information content (AvgIpc) is 3.05. The molecule has 0 radical (unpaired) electrons. The van der Waals surface area contributed by atoms with Gasteiger partial charge in [-0.1, -0.05) is 30.8 Å². The maximum Gasteiger partial charge on any atom is 0.346 e. The summed E-state index contributed by atoms with van der Waals surface area (Å²) in [6.07, 6.45) is 0.988. The van der Waals surface area contributed by atoms with Crippen LogP contribution in [-0.2, 0) is 19.0 Å². The van der Waals surface area contributed by atoms with Crippen molar-refractivity contribution in [2.75, 3.05) is 13.2 Å². The van der Waals surface area contributed by atoms with Crippen LogP contribution < -0.4 is 0 Å². The van der Waals surface area contributed by atoms with Gasteiger partial charge < -0.3 is 19.3 Å². The van der Waals surface area contributed by atoms with Crippen molar-refractivity contribution in [2.24, 2.45) is 0 Å². The predicted octanol–water partition coefficient (Wildman–Crippen LogP) is 2.27. The standard InChI is InChI=1S/C13H12O6.C8H4O3/c1-2-11(14)18-7-8-19-13(17)10-6-4-3-5-9(10)12(15)16;9-7-5-3-1-2-4-6(5)8(10)11-7/h2-6H,1,7-8H2,(H,15,16);1-4H. The Morgan fingerprint density at radius 3 is 1.90 bits per heavy atom. The van der Waals surface area contributed by atoms with E-state index in [4.69, 9.17) is 9.84 Å². The topological polar surface area (TPSA) is 133 Å². The number of aromatic carboxylic acids is 1. The maximum atomic E-state index is 11.6. The molecular weight excluding hydrogens is 396 g/mol. The van der Waals surface area contributed by atoms with Gasteiger partial charge in [-0.3, -0.25) is 0 Å². The third-order valence-electron chi connectivity index (χ3n) is 3.66. The monoisotopic (exact) mass is 412 g/mol. The van der Waals surface area contributed by atoms with E-state index in [1.54, 1.807) is 24.3 Å². The minimum absolute atomic E-state index is 0.0509. The largest absolute Gasteiger partial charge is 0.478 e. The molecule has 1 heterocycles. The highest BCUT2D eigenvalue weighted by Gasteiger charge is 2.28. The average molecular weight is 412 g/mol. The van der Waals surface area contributed by atoms with Crippen molar-refractivity contribution in [1.29, 1.82) is 0 Å². The molecule has 3 rings (SSSR count). The first-order valence-electron chi connectivity index (χ1n) is 8.49. The zero-order chi connectivity index (χ0) is 22.1. The van der Waals surface area contributed by atoms with E-state index >= 15 is 0 Å². The molecule has 1 aliphatic rings. The minimum Gasteiger partial charge on any atom is -0.478 e. The highest BCUT2D eigenvalue weighted by molar-refractivity contribution is 6.14. The smallest absolute Gasteiger partial charge is 0.346 e. The summed E-state index contributed by atoms with van der Waals surface area (Å²) in [6, 6.07) is 12.2. The lowest BCUT2D eigenvalue weighted by Crippen LogP contribution is -2.15. The SMILES string of the molecule is C=CC(=O)OCCOC(=O)c1ccccc1C(=O)O.O=C1OC(=O)c2ccccc21. The van der Waals surface area contributed by atoms with Gasteiger partial charge >= 0.3 is 29.8 Å². The van der Waals surface area contributed by atoms with E-state index < -0.39 is 29.8 Å². The Hall–Kier alpha value is -4.27. The van der Waals surface area contributed by atoms with Gasteiger partial charge in [0.25, 0.3) is 0 Å². The summed E-state index contributed by atoms with van der Waals surface area (Å²) >= 11 is 0. The van der Waals surface area contributed by atoms with Gasteiger partial charge in [0.1, 0.15) is 13.2 Å². The summed E-state index contributed by atoms with van der Waals surface area (Å²) in [4.78, 5) is 54.9. The summed E-state index contributed by atoms with van der Waals surface area (Å²) < 4.78 is 13.8. The van der Waals surface area contributed by atoms with Gasteiger partial charge in [0.2, 0.25) is 0 Å². The fraction of sp³-hybridized carbons (Fsp3) is 0.0952. The van der Waals surface area contributed by atoms with Crippen LogP contribution in [0, 0.1) is 0 Å². The van der Waals surface area contributed by atoms with Gasteiger partial charge in [-0.15, -0.1) is 0 Å². The van der Waals surface area contributed by atoms with Crippen LogP contribution in [0.15, 0.2) is 61.2 Å². The second kappa shape index (κ2) is 10.3. The summed E-state index contributed by atoms with van der Waals surface area (Å²) in [5, 5.41) is 8.90. The van der Waals surface area contributed by atoms with Gasteiger partial charge in [0, 0.05) is 6.08 Å². The quantitative estimate of drug-likeness (QED) is 0.249. The van der Waals surface area contributed by atoms with Crippen LogP contribution in [-0.4, -0.2) is 48.2 Å². The van der Waals surface area contributed by atoms with E-state index in [1.807, 2.05) is 0 Å². The molecule has 9 nitrogen and oxygen atoms in total. The highest BCUT2D eigenvalue weighted by Crippen LogP contribution is 2.18. The van der Waals surface area contributed by atoms with Crippen LogP contribution in [0.25, 0.3) is 0 Å². The van der Waals surface area contributed by atoms with Crippen molar-refractivity contribution in [1.82, 2.24) is 0 Å². The Bertz CT molecular complexity index is 974. The molecule has 0 fully saturated rings. The van der Waals surface area contributed by atoms with E-state index in [0.717, 1.165) is 6.08 Å². The zero-order valence-corrected chi connectivity index (χ0v) is 15.5. The van der Waals surface area contributed by atoms with Crippen molar-refractivity contribution < 1.29 is 43.3 Å². The lowest BCUT2D eigenvalue weighted by atomic mass is 10.1. The fourth-order valence-electron chi connectivity index (χ4n) is 2.29. The second-order valence-corrected chi connectivity index (χ2v) is 5.58. The van der Waals surface area contributed by atoms with Gasteiger partial charge in [-0.25, -0.2) is 24.0 Å². The minimum atomic E-state index is -1.22. The van der Waals surface area contributed by atoms with Gasteiger partial charge in [-0.05, 0) is 24.3 Å². The summed E-state index contributed by atoms with van der Waals surface area (Å²) in [6.45, 7) is 2.93. The number of esters is 4. The molecule has 0 spiro atoms. The molecule has 2 aromatic rings. The highest BCUT2D eigenvalue weighted by atomic mass is 16.6. The van der Waals surface area contributed by atoms with Crippen molar-refractivity contribution in [3.8, 4) is 0 Å². The predicted molar refractivity (Wildman–Crippen MR) is 101 cm³/mol. The molecule has 2 aromatic carbocycles. The van der Waals surface area contributed by atoms with E-state index in [0.29, 0.717) is 11.1 Å².